The molecule has 0 atom stereocenters. The number of piperazine rings is 1. The van der Waals surface area contributed by atoms with Crippen molar-refractivity contribution in [2.24, 2.45) is 0 Å². The zero-order valence-corrected chi connectivity index (χ0v) is 18.2. The molecule has 1 aliphatic heterocycles. The highest BCUT2D eigenvalue weighted by Crippen LogP contribution is 2.32. The SMILES string of the molecule is O=S(=O)(Nc1c(Cl)nc(SCc2cccc(Cl)c2F)nc1Cl)N1CCNCC1. The van der Waals surface area contributed by atoms with Gasteiger partial charge >= 0.3 is 10.2 Å². The first kappa shape index (κ1) is 21.8. The molecule has 0 bridgehead atoms. The fourth-order valence-electron chi connectivity index (χ4n) is 2.42. The fraction of sp³-hybridized carbons (Fsp3) is 0.333. The highest BCUT2D eigenvalue weighted by atomic mass is 35.5. The molecule has 2 aromatic rings. The lowest BCUT2D eigenvalue weighted by Gasteiger charge is -2.27. The number of rotatable bonds is 6. The maximum atomic E-state index is 14.0. The second-order valence-electron chi connectivity index (χ2n) is 5.72. The monoisotopic (exact) mass is 485 g/mol. The van der Waals surface area contributed by atoms with Crippen LogP contribution < -0.4 is 10.0 Å². The maximum Gasteiger partial charge on any atom is 0.301 e. The Morgan fingerprint density at radius 2 is 1.82 bits per heavy atom. The van der Waals surface area contributed by atoms with Crippen molar-refractivity contribution in [3.8, 4) is 0 Å². The van der Waals surface area contributed by atoms with Crippen molar-refractivity contribution in [2.45, 2.75) is 10.9 Å². The van der Waals surface area contributed by atoms with E-state index in [1.54, 1.807) is 12.1 Å². The van der Waals surface area contributed by atoms with E-state index in [-0.39, 0.29) is 31.9 Å². The first-order chi connectivity index (χ1) is 13.3. The summed E-state index contributed by atoms with van der Waals surface area (Å²) in [7, 11) is -3.84. The Kier molecular flexibility index (Phi) is 7.24. The van der Waals surface area contributed by atoms with E-state index in [1.165, 1.54) is 10.4 Å². The van der Waals surface area contributed by atoms with Gasteiger partial charge in [0.1, 0.15) is 11.5 Å². The predicted octanol–water partition coefficient (Wildman–Crippen LogP) is 3.43. The number of halogens is 4. The van der Waals surface area contributed by atoms with Crippen LogP contribution in [0.2, 0.25) is 15.3 Å². The number of thioether (sulfide) groups is 1. The van der Waals surface area contributed by atoms with Crippen LogP contribution in [0.15, 0.2) is 23.4 Å². The number of hydrogen-bond donors (Lipinski definition) is 2. The zero-order valence-electron chi connectivity index (χ0n) is 14.3. The Hall–Kier alpha value is -0.880. The Balaban J connectivity index is 1.74. The lowest BCUT2D eigenvalue weighted by molar-refractivity contribution is 0.362. The molecule has 152 valence electrons. The number of benzene rings is 1. The summed E-state index contributed by atoms with van der Waals surface area (Å²) < 4.78 is 42.5. The van der Waals surface area contributed by atoms with Crippen LogP contribution >= 0.6 is 46.6 Å². The van der Waals surface area contributed by atoms with Gasteiger partial charge in [0.05, 0.1) is 5.02 Å². The normalized spacial score (nSPS) is 15.6. The van der Waals surface area contributed by atoms with Crippen LogP contribution in [0, 0.1) is 5.82 Å². The van der Waals surface area contributed by atoms with Gasteiger partial charge in [-0.1, -0.05) is 58.7 Å². The molecule has 1 aromatic heterocycles. The van der Waals surface area contributed by atoms with E-state index >= 15 is 0 Å². The maximum absolute atomic E-state index is 14.0. The van der Waals surface area contributed by atoms with E-state index in [1.807, 2.05) is 0 Å². The Morgan fingerprint density at radius 3 is 2.46 bits per heavy atom. The van der Waals surface area contributed by atoms with Crippen LogP contribution in [0.25, 0.3) is 0 Å². The summed E-state index contributed by atoms with van der Waals surface area (Å²) in [4.78, 5) is 8.10. The molecule has 13 heteroatoms. The van der Waals surface area contributed by atoms with Crippen molar-refractivity contribution in [2.75, 3.05) is 30.9 Å². The van der Waals surface area contributed by atoms with Crippen LogP contribution in [0.4, 0.5) is 10.1 Å². The summed E-state index contributed by atoms with van der Waals surface area (Å²) in [5.74, 6) is -0.320. The van der Waals surface area contributed by atoms with Crippen molar-refractivity contribution >= 4 is 62.5 Å². The van der Waals surface area contributed by atoms with Crippen LogP contribution in [-0.4, -0.2) is 48.9 Å². The van der Waals surface area contributed by atoms with Crippen LogP contribution in [-0.2, 0) is 16.0 Å². The van der Waals surface area contributed by atoms with E-state index in [2.05, 4.69) is 20.0 Å². The molecule has 1 aliphatic rings. The minimum atomic E-state index is -3.84. The highest BCUT2D eigenvalue weighted by Gasteiger charge is 2.26. The van der Waals surface area contributed by atoms with Gasteiger partial charge in [0.2, 0.25) is 0 Å². The topological polar surface area (TPSA) is 87.2 Å². The quantitative estimate of drug-likeness (QED) is 0.369. The van der Waals surface area contributed by atoms with Gasteiger partial charge in [-0.15, -0.1) is 0 Å². The van der Waals surface area contributed by atoms with Gasteiger partial charge in [-0.05, 0) is 11.6 Å². The van der Waals surface area contributed by atoms with Gasteiger partial charge in [-0.3, -0.25) is 4.72 Å². The van der Waals surface area contributed by atoms with Crippen LogP contribution in [0.1, 0.15) is 5.56 Å². The molecule has 1 aromatic carbocycles. The largest absolute Gasteiger partial charge is 0.314 e. The van der Waals surface area contributed by atoms with Crippen molar-refractivity contribution in [3.63, 3.8) is 0 Å². The Labute approximate surface area is 181 Å². The first-order valence-corrected chi connectivity index (χ1v) is 11.6. The molecule has 0 unspecified atom stereocenters. The minimum Gasteiger partial charge on any atom is -0.314 e. The minimum absolute atomic E-state index is 0.0211. The standard InChI is InChI=1S/C15H15Cl3FN5O2S2/c16-10-3-1-2-9(11(10)19)8-27-15-21-13(17)12(14(18)22-15)23-28(25,26)24-6-4-20-5-7-24/h1-3,20,23H,4-8H2. The Morgan fingerprint density at radius 1 is 1.18 bits per heavy atom. The summed E-state index contributed by atoms with van der Waals surface area (Å²) in [5.41, 5.74) is 0.275. The number of anilines is 1. The smallest absolute Gasteiger partial charge is 0.301 e. The second kappa shape index (κ2) is 9.29. The van der Waals surface area contributed by atoms with Crippen molar-refractivity contribution in [1.82, 2.24) is 19.6 Å². The average Bonchev–Trinajstić information content (AvgIpc) is 2.66. The van der Waals surface area contributed by atoms with Gasteiger partial charge in [0.15, 0.2) is 15.5 Å². The fourth-order valence-corrected chi connectivity index (χ4v) is 5.37. The summed E-state index contributed by atoms with van der Waals surface area (Å²) in [6.07, 6.45) is 0. The molecule has 0 radical (unpaired) electrons. The molecule has 0 spiro atoms. The third kappa shape index (κ3) is 5.18. The van der Waals surface area contributed by atoms with Crippen LogP contribution in [0.3, 0.4) is 0 Å². The molecule has 28 heavy (non-hydrogen) atoms. The lowest BCUT2D eigenvalue weighted by Crippen LogP contribution is -2.48. The predicted molar refractivity (Wildman–Crippen MR) is 110 cm³/mol. The van der Waals surface area contributed by atoms with E-state index in [0.717, 1.165) is 11.8 Å². The van der Waals surface area contributed by atoms with Gasteiger partial charge in [0.25, 0.3) is 0 Å². The van der Waals surface area contributed by atoms with Crippen molar-refractivity contribution < 1.29 is 12.8 Å². The summed E-state index contributed by atoms with van der Waals surface area (Å²) >= 11 is 19.1. The van der Waals surface area contributed by atoms with Gasteiger partial charge in [0, 0.05) is 31.9 Å². The molecule has 1 fully saturated rings. The van der Waals surface area contributed by atoms with Gasteiger partial charge < -0.3 is 5.32 Å². The molecule has 2 heterocycles. The second-order valence-corrected chi connectivity index (χ2v) is 9.46. The molecule has 2 N–H and O–H groups in total. The highest BCUT2D eigenvalue weighted by molar-refractivity contribution is 7.98. The lowest BCUT2D eigenvalue weighted by atomic mass is 10.2. The van der Waals surface area contributed by atoms with E-state index < -0.39 is 16.0 Å². The van der Waals surface area contributed by atoms with E-state index in [0.29, 0.717) is 31.7 Å². The number of nitrogens with one attached hydrogen (secondary N) is 2. The average molecular weight is 487 g/mol. The zero-order chi connectivity index (χ0) is 20.3. The molecule has 1 saturated heterocycles. The van der Waals surface area contributed by atoms with E-state index in [9.17, 15) is 12.8 Å². The summed E-state index contributed by atoms with van der Waals surface area (Å²) in [6, 6.07) is 4.68. The Bertz CT molecular complexity index is 951. The molecule has 0 amide bonds. The molecular formula is C15H15Cl3FN5O2S2. The van der Waals surface area contributed by atoms with Gasteiger partial charge in [-0.25, -0.2) is 14.4 Å². The third-order valence-corrected chi connectivity index (χ3v) is 7.08. The van der Waals surface area contributed by atoms with Crippen LogP contribution in [0.5, 0.6) is 0 Å². The first-order valence-electron chi connectivity index (χ1n) is 8.05. The molecule has 0 aliphatic carbocycles. The number of nitrogens with zero attached hydrogens (tertiary/aromatic N) is 3. The molecule has 0 saturated carbocycles. The van der Waals surface area contributed by atoms with Crippen molar-refractivity contribution in [1.29, 1.82) is 0 Å². The summed E-state index contributed by atoms with van der Waals surface area (Å²) in [5, 5.41) is 2.98. The third-order valence-electron chi connectivity index (χ3n) is 3.84. The summed E-state index contributed by atoms with van der Waals surface area (Å²) in [6.45, 7) is 1.75. The molecular weight excluding hydrogens is 472 g/mol. The number of aromatic nitrogens is 2. The number of hydrogen-bond acceptors (Lipinski definition) is 6. The van der Waals surface area contributed by atoms with E-state index in [4.69, 9.17) is 34.8 Å². The molecule has 3 rings (SSSR count). The van der Waals surface area contributed by atoms with Crippen molar-refractivity contribution in [3.05, 3.63) is 44.9 Å². The van der Waals surface area contributed by atoms with Gasteiger partial charge in [-0.2, -0.15) is 12.7 Å². The molecule has 7 nitrogen and oxygen atoms in total.